The Bertz CT molecular complexity index is 495. The Balaban J connectivity index is 2.26. The molecule has 0 spiro atoms. The smallest absolute Gasteiger partial charge is 0.263 e. The highest BCUT2D eigenvalue weighted by Crippen LogP contribution is 2.33. The predicted molar refractivity (Wildman–Crippen MR) is 64.8 cm³/mol. The molecule has 0 radical (unpaired) electrons. The minimum absolute atomic E-state index is 0.0572. The van der Waals surface area contributed by atoms with Crippen LogP contribution in [0.15, 0.2) is 35.7 Å². The first-order valence-electron chi connectivity index (χ1n) is 4.88. The van der Waals surface area contributed by atoms with Crippen LogP contribution in [0.5, 0.6) is 0 Å². The summed E-state index contributed by atoms with van der Waals surface area (Å²) in [5.41, 5.74) is 0.497. The van der Waals surface area contributed by atoms with E-state index in [2.05, 4.69) is 0 Å². The van der Waals surface area contributed by atoms with E-state index in [-0.39, 0.29) is 5.56 Å². The number of rotatable bonds is 3. The maximum atomic E-state index is 12.4. The maximum absolute atomic E-state index is 12.4. The lowest BCUT2D eigenvalue weighted by molar-refractivity contribution is 0.151. The Kier molecular flexibility index (Phi) is 3.76. The number of thiophene rings is 1. The SMILES string of the molecule is OC(c1ccc(C(F)F)cc1)c1sccc1Cl. The van der Waals surface area contributed by atoms with E-state index in [9.17, 15) is 13.9 Å². The molecule has 0 aliphatic rings. The molecule has 17 heavy (non-hydrogen) atoms. The third-order valence-electron chi connectivity index (χ3n) is 2.40. The molecular formula is C12H9ClF2OS. The third-order valence-corrected chi connectivity index (χ3v) is 3.81. The van der Waals surface area contributed by atoms with Gasteiger partial charge < -0.3 is 5.11 Å². The molecular weight excluding hydrogens is 266 g/mol. The molecule has 1 unspecified atom stereocenters. The normalized spacial score (nSPS) is 13.0. The van der Waals surface area contributed by atoms with Crippen molar-refractivity contribution in [2.24, 2.45) is 0 Å². The van der Waals surface area contributed by atoms with Gasteiger partial charge in [0.25, 0.3) is 6.43 Å². The van der Waals surface area contributed by atoms with Gasteiger partial charge in [0.15, 0.2) is 0 Å². The largest absolute Gasteiger partial charge is 0.383 e. The summed E-state index contributed by atoms with van der Waals surface area (Å²) in [6.45, 7) is 0. The second-order valence-electron chi connectivity index (χ2n) is 3.50. The number of hydrogen-bond acceptors (Lipinski definition) is 2. The van der Waals surface area contributed by atoms with Crippen molar-refractivity contribution in [2.45, 2.75) is 12.5 Å². The van der Waals surface area contributed by atoms with Crippen LogP contribution in [0.1, 0.15) is 28.5 Å². The lowest BCUT2D eigenvalue weighted by Gasteiger charge is -2.10. The highest BCUT2D eigenvalue weighted by molar-refractivity contribution is 7.10. The van der Waals surface area contributed by atoms with Gasteiger partial charge in [-0.25, -0.2) is 8.78 Å². The van der Waals surface area contributed by atoms with Crippen molar-refractivity contribution < 1.29 is 13.9 Å². The van der Waals surface area contributed by atoms with E-state index in [4.69, 9.17) is 11.6 Å². The minimum Gasteiger partial charge on any atom is -0.383 e. The van der Waals surface area contributed by atoms with Gasteiger partial charge in [-0.15, -0.1) is 11.3 Å². The zero-order chi connectivity index (χ0) is 12.4. The Labute approximate surface area is 106 Å². The van der Waals surface area contributed by atoms with Crippen LogP contribution in [0, 0.1) is 0 Å². The molecule has 90 valence electrons. The van der Waals surface area contributed by atoms with Crippen LogP contribution in [0.2, 0.25) is 5.02 Å². The zero-order valence-electron chi connectivity index (χ0n) is 8.61. The van der Waals surface area contributed by atoms with E-state index in [1.54, 1.807) is 11.4 Å². The summed E-state index contributed by atoms with van der Waals surface area (Å²) >= 11 is 7.23. The second kappa shape index (κ2) is 5.12. The second-order valence-corrected chi connectivity index (χ2v) is 4.86. The van der Waals surface area contributed by atoms with E-state index >= 15 is 0 Å². The maximum Gasteiger partial charge on any atom is 0.263 e. The van der Waals surface area contributed by atoms with Crippen LogP contribution >= 0.6 is 22.9 Å². The summed E-state index contributed by atoms with van der Waals surface area (Å²) < 4.78 is 24.7. The molecule has 1 aromatic heterocycles. The van der Waals surface area contributed by atoms with Gasteiger partial charge in [0.05, 0.1) is 9.90 Å². The molecule has 0 bridgehead atoms. The number of hydrogen-bond donors (Lipinski definition) is 1. The van der Waals surface area contributed by atoms with Crippen LogP contribution in [0.4, 0.5) is 8.78 Å². The van der Waals surface area contributed by atoms with Crippen LogP contribution in [-0.4, -0.2) is 5.11 Å². The van der Waals surface area contributed by atoms with Gasteiger partial charge in [0, 0.05) is 5.56 Å². The monoisotopic (exact) mass is 274 g/mol. The molecule has 0 amide bonds. The fourth-order valence-electron chi connectivity index (χ4n) is 1.48. The molecule has 1 aromatic carbocycles. The number of aliphatic hydroxyl groups excluding tert-OH is 1. The van der Waals surface area contributed by atoms with E-state index in [0.717, 1.165) is 0 Å². The molecule has 1 heterocycles. The van der Waals surface area contributed by atoms with Gasteiger partial charge >= 0.3 is 0 Å². The molecule has 0 saturated carbocycles. The third kappa shape index (κ3) is 2.65. The van der Waals surface area contributed by atoms with Crippen molar-refractivity contribution >= 4 is 22.9 Å². The van der Waals surface area contributed by atoms with Crippen LogP contribution in [0.25, 0.3) is 0 Å². The van der Waals surface area contributed by atoms with Crippen molar-refractivity contribution in [3.8, 4) is 0 Å². The number of aliphatic hydroxyl groups is 1. The van der Waals surface area contributed by atoms with Gasteiger partial charge in [-0.1, -0.05) is 35.9 Å². The van der Waals surface area contributed by atoms with Crippen molar-refractivity contribution in [3.63, 3.8) is 0 Å². The highest BCUT2D eigenvalue weighted by Gasteiger charge is 2.16. The fourth-order valence-corrected chi connectivity index (χ4v) is 2.65. The number of halogens is 3. The first-order chi connectivity index (χ1) is 8.09. The summed E-state index contributed by atoms with van der Waals surface area (Å²) in [5, 5.41) is 12.3. The average Bonchev–Trinajstić information content (AvgIpc) is 2.74. The predicted octanol–water partition coefficient (Wildman–Crippen LogP) is 4.42. The molecule has 1 atom stereocenters. The van der Waals surface area contributed by atoms with E-state index in [0.29, 0.717) is 15.5 Å². The van der Waals surface area contributed by atoms with Gasteiger partial charge in [0.1, 0.15) is 6.10 Å². The Morgan fingerprint density at radius 3 is 2.12 bits per heavy atom. The Hall–Kier alpha value is -0.970. The minimum atomic E-state index is -2.49. The zero-order valence-corrected chi connectivity index (χ0v) is 10.2. The van der Waals surface area contributed by atoms with Gasteiger partial charge in [-0.3, -0.25) is 0 Å². The van der Waals surface area contributed by atoms with Gasteiger partial charge in [0.2, 0.25) is 0 Å². The molecule has 1 N–H and O–H groups in total. The first kappa shape index (κ1) is 12.5. The molecule has 0 saturated heterocycles. The number of benzene rings is 1. The fraction of sp³-hybridized carbons (Fsp3) is 0.167. The van der Waals surface area contributed by atoms with Crippen molar-refractivity contribution in [1.82, 2.24) is 0 Å². The lowest BCUT2D eigenvalue weighted by Crippen LogP contribution is -1.98. The van der Waals surface area contributed by atoms with Gasteiger partial charge in [-0.05, 0) is 17.0 Å². The summed E-state index contributed by atoms with van der Waals surface area (Å²) in [7, 11) is 0. The summed E-state index contributed by atoms with van der Waals surface area (Å²) in [4.78, 5) is 0.622. The Morgan fingerprint density at radius 2 is 1.65 bits per heavy atom. The molecule has 2 rings (SSSR count). The van der Waals surface area contributed by atoms with Crippen LogP contribution in [-0.2, 0) is 0 Å². The summed E-state index contributed by atoms with van der Waals surface area (Å²) in [6.07, 6.45) is -3.36. The quantitative estimate of drug-likeness (QED) is 0.878. The average molecular weight is 275 g/mol. The van der Waals surface area contributed by atoms with Crippen molar-refractivity contribution in [1.29, 1.82) is 0 Å². The summed E-state index contributed by atoms with van der Waals surface area (Å²) in [6, 6.07) is 7.29. The topological polar surface area (TPSA) is 20.2 Å². The summed E-state index contributed by atoms with van der Waals surface area (Å²) in [5.74, 6) is 0. The molecule has 1 nitrogen and oxygen atoms in total. The van der Waals surface area contributed by atoms with Gasteiger partial charge in [-0.2, -0.15) is 0 Å². The molecule has 0 aliphatic carbocycles. The van der Waals surface area contributed by atoms with E-state index < -0.39 is 12.5 Å². The molecule has 2 aromatic rings. The van der Waals surface area contributed by atoms with Crippen molar-refractivity contribution in [3.05, 3.63) is 56.7 Å². The van der Waals surface area contributed by atoms with Crippen LogP contribution < -0.4 is 0 Å². The van der Waals surface area contributed by atoms with E-state index in [1.807, 2.05) is 0 Å². The Morgan fingerprint density at radius 1 is 1.06 bits per heavy atom. The molecule has 5 heteroatoms. The number of alkyl halides is 2. The van der Waals surface area contributed by atoms with E-state index in [1.165, 1.54) is 35.6 Å². The first-order valence-corrected chi connectivity index (χ1v) is 6.14. The standard InChI is InChI=1S/C12H9ClF2OS/c13-9-5-6-17-11(9)10(16)7-1-3-8(4-2-7)12(14)15/h1-6,10,12,16H. The molecule has 0 fully saturated rings. The molecule has 0 aliphatic heterocycles. The lowest BCUT2D eigenvalue weighted by atomic mass is 10.1. The van der Waals surface area contributed by atoms with Crippen LogP contribution in [0.3, 0.4) is 0 Å². The highest BCUT2D eigenvalue weighted by atomic mass is 35.5. The van der Waals surface area contributed by atoms with Crippen molar-refractivity contribution in [2.75, 3.05) is 0 Å².